The summed E-state index contributed by atoms with van der Waals surface area (Å²) >= 11 is 0. The number of hydrogen-bond donors (Lipinski definition) is 0. The molecule has 0 atom stereocenters. The van der Waals surface area contributed by atoms with E-state index in [1.807, 2.05) is 12.3 Å². The first-order chi connectivity index (χ1) is 27.9. The molecule has 9 rings (SSSR count). The zero-order valence-corrected chi connectivity index (χ0v) is 35.0. The monoisotopic (exact) mass is 909 g/mol. The molecule has 0 aliphatic carbocycles. The van der Waals surface area contributed by atoms with Crippen LogP contribution in [0.15, 0.2) is 85.2 Å². The molecule has 0 N–H and O–H groups in total. The van der Waals surface area contributed by atoms with E-state index < -0.39 is 13.7 Å². The normalized spacial score (nSPS) is 15.3. The molecule has 0 unspecified atom stereocenters. The molecule has 0 amide bonds. The van der Waals surface area contributed by atoms with Crippen molar-refractivity contribution in [3.05, 3.63) is 125 Å². The number of ether oxygens (including phenoxy) is 3. The molecule has 281 valence electrons. The summed E-state index contributed by atoms with van der Waals surface area (Å²) in [6, 6.07) is 28.9. The summed E-state index contributed by atoms with van der Waals surface area (Å²) in [4.78, 5) is 9.01. The van der Waals surface area contributed by atoms with Crippen molar-refractivity contribution < 1.29 is 42.5 Å². The maximum Gasteiger partial charge on any atom is 0.269 e. The van der Waals surface area contributed by atoms with Gasteiger partial charge in [0.25, 0.3) is 6.71 Å². The summed E-state index contributed by atoms with van der Waals surface area (Å²) in [5, 5.41) is 0. The van der Waals surface area contributed by atoms with Crippen molar-refractivity contribution in [2.24, 2.45) is 0 Å². The maximum absolute atomic E-state index is 7.28. The largest absolute Gasteiger partial charge is 0.466 e. The van der Waals surface area contributed by atoms with Crippen LogP contribution < -0.4 is 30.6 Å². The van der Waals surface area contributed by atoms with Gasteiger partial charge in [0.1, 0.15) is 34.5 Å². The predicted molar refractivity (Wildman–Crippen MR) is 220 cm³/mol. The van der Waals surface area contributed by atoms with Gasteiger partial charge in [0, 0.05) is 56.6 Å². The summed E-state index contributed by atoms with van der Waals surface area (Å²) in [5.41, 5.74) is 9.81. The van der Waals surface area contributed by atoms with E-state index in [9.17, 15) is 0 Å². The van der Waals surface area contributed by atoms with E-state index in [4.69, 9.17) is 27.4 Å². The molecule has 3 aliphatic heterocycles. The number of rotatable bonds is 2. The van der Waals surface area contributed by atoms with Crippen LogP contribution >= 0.6 is 0 Å². The third kappa shape index (κ3) is 7.14. The smallest absolute Gasteiger partial charge is 0.269 e. The van der Waals surface area contributed by atoms with Crippen molar-refractivity contribution in [2.75, 3.05) is 0 Å². The summed E-state index contributed by atoms with van der Waals surface area (Å²) < 4.78 is 63.8. The predicted octanol–water partition coefficient (Wildman–Crippen LogP) is 10.4. The van der Waals surface area contributed by atoms with Crippen molar-refractivity contribution in [2.45, 2.75) is 92.3 Å². The molecule has 0 saturated heterocycles. The summed E-state index contributed by atoms with van der Waals surface area (Å²) in [7, 11) is 0. The Hall–Kier alpha value is -4.71. The Morgan fingerprint density at radius 2 is 1.15 bits per heavy atom. The van der Waals surface area contributed by atoms with Crippen molar-refractivity contribution in [3.8, 4) is 57.0 Å². The fourth-order valence-electron chi connectivity index (χ4n) is 7.10. The number of hydrogen-bond acceptors (Lipinski definition) is 5. The molecule has 0 bridgehead atoms. The Balaban J connectivity index is 0.000000226. The van der Waals surface area contributed by atoms with Crippen molar-refractivity contribution >= 4 is 23.1 Å². The van der Waals surface area contributed by atoms with Gasteiger partial charge < -0.3 is 19.2 Å². The van der Waals surface area contributed by atoms with Crippen LogP contribution in [-0.4, -0.2) is 16.7 Å². The van der Waals surface area contributed by atoms with Gasteiger partial charge in [-0.3, -0.25) is 4.98 Å². The third-order valence-corrected chi connectivity index (χ3v) is 10.3. The second kappa shape index (κ2) is 13.8. The molecule has 1 radical (unpaired) electrons. The zero-order chi connectivity index (χ0) is 43.3. The molecule has 55 heavy (non-hydrogen) atoms. The maximum atomic E-state index is 7.28. The van der Waals surface area contributed by atoms with Crippen molar-refractivity contribution in [1.29, 1.82) is 0 Å². The molecular formula is C48H47BIrN2O3-2. The van der Waals surface area contributed by atoms with Crippen LogP contribution in [0.1, 0.15) is 98.4 Å². The molecule has 2 aromatic heterocycles. The number of aryl methyl sites for hydroxylation is 2. The Morgan fingerprint density at radius 1 is 0.564 bits per heavy atom. The van der Waals surface area contributed by atoms with Crippen LogP contribution in [0.3, 0.4) is 0 Å². The first kappa shape index (κ1) is 31.5. The minimum atomic E-state index is -2.18. The van der Waals surface area contributed by atoms with E-state index >= 15 is 0 Å². The molecule has 5 nitrogen and oxygen atoms in total. The molecule has 6 aromatic rings. The van der Waals surface area contributed by atoms with E-state index in [0.717, 1.165) is 62.1 Å². The Morgan fingerprint density at radius 3 is 1.67 bits per heavy atom. The fraction of sp³-hybridized carbons (Fsp3) is 0.292. The van der Waals surface area contributed by atoms with E-state index in [2.05, 4.69) is 116 Å². The topological polar surface area (TPSA) is 53.5 Å². The van der Waals surface area contributed by atoms with Gasteiger partial charge in [-0.25, -0.2) is 0 Å². The molecule has 5 heterocycles. The van der Waals surface area contributed by atoms with Gasteiger partial charge in [-0.15, -0.1) is 70.8 Å². The van der Waals surface area contributed by atoms with Gasteiger partial charge in [0.05, 0.1) is 6.20 Å². The number of aromatic nitrogens is 2. The Kier molecular flexibility index (Phi) is 7.90. The van der Waals surface area contributed by atoms with Crippen LogP contribution in [-0.2, 0) is 36.4 Å². The minimum Gasteiger partial charge on any atom is -0.466 e. The quantitative estimate of drug-likeness (QED) is 0.128. The molecule has 0 fully saturated rings. The van der Waals surface area contributed by atoms with Gasteiger partial charge in [0.15, 0.2) is 0 Å². The second-order valence-electron chi connectivity index (χ2n) is 17.4. The summed E-state index contributed by atoms with van der Waals surface area (Å²) in [6.07, 6.45) is 3.15. The summed E-state index contributed by atoms with van der Waals surface area (Å²) in [5.74, 6) is 4.85. The fourth-order valence-corrected chi connectivity index (χ4v) is 7.10. The van der Waals surface area contributed by atoms with Crippen molar-refractivity contribution in [3.63, 3.8) is 0 Å². The Bertz CT molecular complexity index is 2590. The second-order valence-corrected chi connectivity index (χ2v) is 17.4. The average molecular weight is 909 g/mol. The number of nitrogens with zero attached hydrogens (tertiary/aromatic N) is 2. The van der Waals surface area contributed by atoms with Crippen LogP contribution in [0, 0.1) is 25.8 Å². The van der Waals surface area contributed by atoms with Crippen molar-refractivity contribution in [1.82, 2.24) is 9.97 Å². The van der Waals surface area contributed by atoms with E-state index in [1.54, 1.807) is 12.1 Å². The van der Waals surface area contributed by atoms with Gasteiger partial charge >= 0.3 is 0 Å². The van der Waals surface area contributed by atoms with Crippen LogP contribution in [0.4, 0.5) is 0 Å². The number of benzene rings is 4. The van der Waals surface area contributed by atoms with Gasteiger partial charge in [0.2, 0.25) is 0 Å². The minimum absolute atomic E-state index is 0. The average Bonchev–Trinajstić information content (AvgIpc) is 3.16. The SMILES string of the molecule is CC(C)(C)c1cc[c-]c(-c2ncc3c4c2Oc2cc(C(C)(C)C)cc5c2B4c2c(cc(C(C)(C)C)cc2O3)O5)c1.[2H]C([2H])([2H])c1c[c-]c(-c2ccc(C([2H])([2H])[2H])cn2)cc1.[Ir]. The van der Waals surface area contributed by atoms with Gasteiger partial charge in [-0.2, -0.15) is 0 Å². The van der Waals surface area contributed by atoms with E-state index in [0.29, 0.717) is 11.3 Å². The zero-order valence-electron chi connectivity index (χ0n) is 38.6. The molecule has 7 heteroatoms. The van der Waals surface area contributed by atoms with E-state index in [1.165, 1.54) is 41.1 Å². The first-order valence-corrected chi connectivity index (χ1v) is 18.3. The van der Waals surface area contributed by atoms with Gasteiger partial charge in [-0.1, -0.05) is 81.3 Å². The first-order valence-electron chi connectivity index (χ1n) is 21.3. The molecular weight excluding hydrogens is 856 g/mol. The van der Waals surface area contributed by atoms with Gasteiger partial charge in [-0.05, 0) is 69.7 Å². The summed E-state index contributed by atoms with van der Waals surface area (Å²) in [6.45, 7) is 15.6. The Labute approximate surface area is 348 Å². The molecule has 0 saturated carbocycles. The van der Waals surface area contributed by atoms with Crippen LogP contribution in [0.5, 0.6) is 34.5 Å². The number of pyridine rings is 2. The molecule has 4 aromatic carbocycles. The standard InChI is InChI=1S/C35H35BNO3.C13H12N.Ir/c1-33(2,3)20-12-10-11-19(13-20)31-32-30-27(18-37-31)39-25-16-21(34(4,5)6)14-23-28(25)36(30)29-24(38-23)15-22(35(7,8)9)17-26(29)40-32;1-10-3-6-12(7-4-10)13-8-5-11(2)9-14-13;/h10,12-18H,1-9H3;3-6,8-9H,1-2H3;/q2*-1;/i;1D3,2D3;. The third-order valence-electron chi connectivity index (χ3n) is 10.3. The van der Waals surface area contributed by atoms with E-state index in [-0.39, 0.29) is 54.2 Å². The van der Waals surface area contributed by atoms with Crippen LogP contribution in [0.2, 0.25) is 0 Å². The van der Waals surface area contributed by atoms with Crippen LogP contribution in [0.25, 0.3) is 22.5 Å². The molecule has 0 spiro atoms. The molecule has 3 aliphatic rings.